The van der Waals surface area contributed by atoms with E-state index in [9.17, 15) is 14.0 Å². The summed E-state index contributed by atoms with van der Waals surface area (Å²) in [6.07, 6.45) is 0. The third kappa shape index (κ3) is 4.55. The van der Waals surface area contributed by atoms with Crippen LogP contribution >= 0.6 is 11.3 Å². The third-order valence-corrected chi connectivity index (χ3v) is 4.82. The van der Waals surface area contributed by atoms with Gasteiger partial charge < -0.3 is 18.8 Å². The molecule has 0 unspecified atom stereocenters. The average Bonchev–Trinajstić information content (AvgIpc) is 3.02. The molecule has 1 aromatic heterocycles. The van der Waals surface area contributed by atoms with Gasteiger partial charge in [-0.1, -0.05) is 17.4 Å². The number of hydrogen-bond donors (Lipinski definition) is 0. The van der Waals surface area contributed by atoms with Gasteiger partial charge in [-0.05, 0) is 30.3 Å². The monoisotopic (exact) mass is 404 g/mol. The van der Waals surface area contributed by atoms with E-state index in [0.29, 0.717) is 21.7 Å². The van der Waals surface area contributed by atoms with Crippen LogP contribution in [0.25, 0.3) is 10.2 Å². The molecule has 0 atom stereocenters. The van der Waals surface area contributed by atoms with Crippen molar-refractivity contribution in [3.8, 4) is 11.5 Å². The molecule has 0 radical (unpaired) electrons. The Labute approximate surface area is 163 Å². The number of carbonyl (C=O) groups excluding carboxylic acids is 2. The van der Waals surface area contributed by atoms with Crippen LogP contribution in [0.4, 0.5) is 4.39 Å². The molecule has 0 bridgehead atoms. The highest BCUT2D eigenvalue weighted by molar-refractivity contribution is 7.16. The first kappa shape index (κ1) is 19.6. The maximum atomic E-state index is 13.5. The van der Waals surface area contributed by atoms with Crippen molar-refractivity contribution < 1.29 is 28.2 Å². The van der Waals surface area contributed by atoms with E-state index < -0.39 is 17.7 Å². The second kappa shape index (κ2) is 8.66. The van der Waals surface area contributed by atoms with Crippen LogP contribution in [0.2, 0.25) is 0 Å². The average molecular weight is 404 g/mol. The molecule has 3 aromatic rings. The van der Waals surface area contributed by atoms with Gasteiger partial charge in [0.25, 0.3) is 5.91 Å². The molecule has 3 rings (SSSR count). The normalized spacial score (nSPS) is 11.5. The minimum absolute atomic E-state index is 0.148. The Kier molecular flexibility index (Phi) is 6.05. The van der Waals surface area contributed by atoms with Crippen LogP contribution in [-0.4, -0.2) is 37.3 Å². The Balaban J connectivity index is 1.87. The van der Waals surface area contributed by atoms with Gasteiger partial charge >= 0.3 is 5.97 Å². The fourth-order valence-corrected chi connectivity index (χ4v) is 3.53. The Morgan fingerprint density at radius 3 is 2.68 bits per heavy atom. The van der Waals surface area contributed by atoms with Crippen LogP contribution < -0.4 is 14.3 Å². The number of halogens is 1. The number of fused-ring (bicyclic) bond motifs is 1. The van der Waals surface area contributed by atoms with Gasteiger partial charge in [-0.3, -0.25) is 9.59 Å². The lowest BCUT2D eigenvalue weighted by Gasteiger charge is -2.06. The molecule has 1 amide bonds. The minimum atomic E-state index is -0.548. The molecule has 28 heavy (non-hydrogen) atoms. The van der Waals surface area contributed by atoms with Gasteiger partial charge in [-0.15, -0.1) is 0 Å². The van der Waals surface area contributed by atoms with Crippen molar-refractivity contribution in [1.82, 2.24) is 4.57 Å². The van der Waals surface area contributed by atoms with Crippen molar-refractivity contribution in [2.24, 2.45) is 4.99 Å². The molecule has 9 heteroatoms. The Hall–Kier alpha value is -3.20. The largest absolute Gasteiger partial charge is 0.497 e. The second-order valence-corrected chi connectivity index (χ2v) is 6.64. The highest BCUT2D eigenvalue weighted by Gasteiger charge is 2.12. The highest BCUT2D eigenvalue weighted by Crippen LogP contribution is 2.20. The molecule has 0 saturated heterocycles. The maximum Gasteiger partial charge on any atom is 0.325 e. The smallest absolute Gasteiger partial charge is 0.325 e. The summed E-state index contributed by atoms with van der Waals surface area (Å²) in [5.41, 5.74) is 0.581. The molecule has 0 aliphatic carbocycles. The number of amides is 1. The number of rotatable bonds is 6. The van der Waals surface area contributed by atoms with Crippen molar-refractivity contribution >= 4 is 33.4 Å². The first-order valence-electron chi connectivity index (χ1n) is 8.20. The number of carbonyl (C=O) groups is 2. The van der Waals surface area contributed by atoms with E-state index in [-0.39, 0.29) is 18.0 Å². The highest BCUT2D eigenvalue weighted by atomic mass is 32.1. The van der Waals surface area contributed by atoms with Crippen LogP contribution in [0.3, 0.4) is 0 Å². The summed E-state index contributed by atoms with van der Waals surface area (Å²) >= 11 is 1.10. The van der Waals surface area contributed by atoms with Crippen LogP contribution in [0, 0.1) is 5.82 Å². The molecular weight excluding hydrogens is 387 g/mol. The lowest BCUT2D eigenvalue weighted by Crippen LogP contribution is -2.23. The van der Waals surface area contributed by atoms with E-state index in [0.717, 1.165) is 11.3 Å². The topological polar surface area (TPSA) is 79.1 Å². The summed E-state index contributed by atoms with van der Waals surface area (Å²) in [6.45, 7) is -0.445. The zero-order valence-corrected chi connectivity index (χ0v) is 16.0. The quantitative estimate of drug-likeness (QED) is 0.590. The molecule has 0 aliphatic heterocycles. The zero-order valence-electron chi connectivity index (χ0n) is 15.2. The van der Waals surface area contributed by atoms with Gasteiger partial charge in [-0.2, -0.15) is 4.99 Å². The Morgan fingerprint density at radius 2 is 1.93 bits per heavy atom. The summed E-state index contributed by atoms with van der Waals surface area (Å²) in [5, 5.41) is 0. The number of thiazole rings is 1. The summed E-state index contributed by atoms with van der Waals surface area (Å²) in [6, 6.07) is 11.0. The van der Waals surface area contributed by atoms with Crippen LogP contribution in [0.5, 0.6) is 11.5 Å². The van der Waals surface area contributed by atoms with Crippen molar-refractivity contribution in [2.45, 2.75) is 6.54 Å². The van der Waals surface area contributed by atoms with Crippen molar-refractivity contribution in [3.05, 3.63) is 53.1 Å². The van der Waals surface area contributed by atoms with Crippen molar-refractivity contribution in [3.63, 3.8) is 0 Å². The SMILES string of the molecule is COC(=O)Cn1c(=NC(=O)COc2cccc(OC)c2)sc2cc(F)ccc21. The molecule has 2 aromatic carbocycles. The number of hydrogen-bond acceptors (Lipinski definition) is 6. The lowest BCUT2D eigenvalue weighted by atomic mass is 10.3. The summed E-state index contributed by atoms with van der Waals surface area (Å²) in [7, 11) is 2.80. The number of esters is 1. The van der Waals surface area contributed by atoms with Gasteiger partial charge in [-0.25, -0.2) is 4.39 Å². The van der Waals surface area contributed by atoms with Crippen LogP contribution in [0.15, 0.2) is 47.5 Å². The molecule has 7 nitrogen and oxygen atoms in total. The van der Waals surface area contributed by atoms with Gasteiger partial charge in [0.1, 0.15) is 23.9 Å². The van der Waals surface area contributed by atoms with Gasteiger partial charge in [0, 0.05) is 6.07 Å². The molecule has 0 saturated carbocycles. The fraction of sp³-hybridized carbons (Fsp3) is 0.211. The first-order valence-corrected chi connectivity index (χ1v) is 9.02. The van der Waals surface area contributed by atoms with Crippen LogP contribution in [-0.2, 0) is 20.9 Å². The van der Waals surface area contributed by atoms with Gasteiger partial charge in [0.2, 0.25) is 0 Å². The summed E-state index contributed by atoms with van der Waals surface area (Å²) in [5.74, 6) is -0.412. The number of benzene rings is 2. The molecule has 146 valence electrons. The number of methoxy groups -OCH3 is 2. The van der Waals surface area contributed by atoms with Crippen molar-refractivity contribution in [2.75, 3.05) is 20.8 Å². The minimum Gasteiger partial charge on any atom is -0.497 e. The molecule has 1 heterocycles. The second-order valence-electron chi connectivity index (χ2n) is 5.63. The molecule has 0 aliphatic rings. The third-order valence-electron chi connectivity index (χ3n) is 3.78. The van der Waals surface area contributed by atoms with E-state index in [1.807, 2.05) is 0 Å². The first-order chi connectivity index (χ1) is 13.5. The summed E-state index contributed by atoms with van der Waals surface area (Å²) < 4.78 is 30.8. The number of aromatic nitrogens is 1. The van der Waals surface area contributed by atoms with Crippen molar-refractivity contribution in [1.29, 1.82) is 0 Å². The van der Waals surface area contributed by atoms with E-state index in [4.69, 9.17) is 14.2 Å². The fourth-order valence-electron chi connectivity index (χ4n) is 2.45. The van der Waals surface area contributed by atoms with E-state index in [1.165, 1.54) is 37.0 Å². The lowest BCUT2D eigenvalue weighted by molar-refractivity contribution is -0.141. The number of nitrogens with zero attached hydrogens (tertiary/aromatic N) is 2. The summed E-state index contributed by atoms with van der Waals surface area (Å²) in [4.78, 5) is 28.3. The Morgan fingerprint density at radius 1 is 1.14 bits per heavy atom. The van der Waals surface area contributed by atoms with Gasteiger partial charge in [0.15, 0.2) is 11.4 Å². The van der Waals surface area contributed by atoms with Gasteiger partial charge in [0.05, 0.1) is 24.4 Å². The predicted molar refractivity (Wildman–Crippen MR) is 101 cm³/mol. The Bertz CT molecular complexity index is 1090. The predicted octanol–water partition coefficient (Wildman–Crippen LogP) is 2.53. The number of ether oxygens (including phenoxy) is 3. The molecule has 0 N–H and O–H groups in total. The van der Waals surface area contributed by atoms with E-state index in [2.05, 4.69) is 4.99 Å². The molecular formula is C19H17FN2O5S. The van der Waals surface area contributed by atoms with Crippen LogP contribution in [0.1, 0.15) is 0 Å². The maximum absolute atomic E-state index is 13.5. The van der Waals surface area contributed by atoms with E-state index >= 15 is 0 Å². The standard InChI is InChI=1S/C19H17FN2O5S/c1-25-13-4-3-5-14(9-13)27-11-17(23)21-19-22(10-18(24)26-2)15-7-6-12(20)8-16(15)28-19/h3-9H,10-11H2,1-2H3. The molecule has 0 fully saturated rings. The zero-order chi connectivity index (χ0) is 20.1. The van der Waals surface area contributed by atoms with E-state index in [1.54, 1.807) is 24.3 Å². The molecule has 0 spiro atoms.